The van der Waals surface area contributed by atoms with Crippen molar-refractivity contribution in [2.45, 2.75) is 19.8 Å². The molecule has 0 spiro atoms. The van der Waals surface area contributed by atoms with Crippen LogP contribution in [0.2, 0.25) is 0 Å². The smallest absolute Gasteiger partial charge is 0.246 e. The van der Waals surface area contributed by atoms with Gasteiger partial charge in [0.15, 0.2) is 0 Å². The van der Waals surface area contributed by atoms with Gasteiger partial charge in [-0.15, -0.1) is 0 Å². The second kappa shape index (κ2) is 3.77. The Bertz CT molecular complexity index is 257. The highest BCUT2D eigenvalue weighted by molar-refractivity contribution is 5.43. The van der Waals surface area contributed by atoms with Crippen molar-refractivity contribution in [1.29, 1.82) is 0 Å². The van der Waals surface area contributed by atoms with Crippen molar-refractivity contribution < 1.29 is 10.2 Å². The van der Waals surface area contributed by atoms with Crippen LogP contribution in [0.3, 0.4) is 0 Å². The normalized spacial score (nSPS) is 11.8. The molecule has 0 saturated carbocycles. The molecule has 0 heterocycles. The van der Waals surface area contributed by atoms with Gasteiger partial charge in [0.05, 0.1) is 0 Å². The van der Waals surface area contributed by atoms with E-state index < -0.39 is 5.91 Å². The summed E-state index contributed by atoms with van der Waals surface area (Å²) in [6.07, 6.45) is 0. The summed E-state index contributed by atoms with van der Waals surface area (Å²) in [7, 11) is 0. The standard InChI is InChI=1S/C10H15NO2/c1-8(2)10(12,13)11-9-6-4-3-5-7-9/h3-8,11-13H,1-2H3. The van der Waals surface area contributed by atoms with E-state index in [2.05, 4.69) is 5.32 Å². The van der Waals surface area contributed by atoms with Gasteiger partial charge >= 0.3 is 0 Å². The van der Waals surface area contributed by atoms with Crippen molar-refractivity contribution in [2.75, 3.05) is 5.32 Å². The fraction of sp³-hybridized carbons (Fsp3) is 0.400. The molecule has 0 radical (unpaired) electrons. The van der Waals surface area contributed by atoms with Gasteiger partial charge in [0, 0.05) is 11.6 Å². The van der Waals surface area contributed by atoms with Crippen molar-refractivity contribution in [3.63, 3.8) is 0 Å². The van der Waals surface area contributed by atoms with Crippen LogP contribution >= 0.6 is 0 Å². The van der Waals surface area contributed by atoms with E-state index in [1.165, 1.54) is 0 Å². The van der Waals surface area contributed by atoms with Crippen molar-refractivity contribution in [3.8, 4) is 0 Å². The molecular weight excluding hydrogens is 166 g/mol. The first-order valence-corrected chi connectivity index (χ1v) is 4.30. The lowest BCUT2D eigenvalue weighted by Gasteiger charge is -2.27. The molecule has 72 valence electrons. The summed E-state index contributed by atoms with van der Waals surface area (Å²) in [6, 6.07) is 9.10. The summed E-state index contributed by atoms with van der Waals surface area (Å²) in [5.74, 6) is -2.12. The van der Waals surface area contributed by atoms with Crippen LogP contribution in [0.25, 0.3) is 0 Å². The Hall–Kier alpha value is -1.06. The Morgan fingerprint density at radius 1 is 1.15 bits per heavy atom. The minimum absolute atomic E-state index is 0.271. The van der Waals surface area contributed by atoms with E-state index in [0.717, 1.165) is 0 Å². The third-order valence-corrected chi connectivity index (χ3v) is 1.91. The van der Waals surface area contributed by atoms with E-state index in [-0.39, 0.29) is 5.92 Å². The minimum Gasteiger partial charge on any atom is -0.349 e. The van der Waals surface area contributed by atoms with Crippen molar-refractivity contribution in [2.24, 2.45) is 5.92 Å². The van der Waals surface area contributed by atoms with E-state index in [1.54, 1.807) is 26.0 Å². The Morgan fingerprint density at radius 3 is 2.15 bits per heavy atom. The zero-order chi connectivity index (χ0) is 9.90. The van der Waals surface area contributed by atoms with Crippen LogP contribution in [0.5, 0.6) is 0 Å². The Morgan fingerprint density at radius 2 is 1.69 bits per heavy atom. The first-order chi connectivity index (χ1) is 6.02. The number of nitrogens with one attached hydrogen (secondary N) is 1. The van der Waals surface area contributed by atoms with E-state index >= 15 is 0 Å². The highest BCUT2D eigenvalue weighted by Crippen LogP contribution is 2.17. The topological polar surface area (TPSA) is 52.5 Å². The number of aliphatic hydroxyl groups is 2. The monoisotopic (exact) mass is 181 g/mol. The summed E-state index contributed by atoms with van der Waals surface area (Å²) in [4.78, 5) is 0. The molecule has 0 aliphatic heterocycles. The van der Waals surface area contributed by atoms with Gasteiger partial charge in [-0.05, 0) is 12.1 Å². The average Bonchev–Trinajstić information content (AvgIpc) is 2.05. The molecular formula is C10H15NO2. The molecule has 3 heteroatoms. The van der Waals surface area contributed by atoms with Gasteiger partial charge in [0.1, 0.15) is 0 Å². The molecule has 0 unspecified atom stereocenters. The summed E-state index contributed by atoms with van der Waals surface area (Å²) in [6.45, 7) is 3.46. The number of rotatable bonds is 3. The van der Waals surface area contributed by atoms with Gasteiger partial charge in [-0.3, -0.25) is 0 Å². The van der Waals surface area contributed by atoms with E-state index in [0.29, 0.717) is 5.69 Å². The molecule has 3 N–H and O–H groups in total. The van der Waals surface area contributed by atoms with E-state index in [4.69, 9.17) is 0 Å². The molecule has 0 fully saturated rings. The predicted octanol–water partition coefficient (Wildman–Crippen LogP) is 1.39. The molecule has 1 rings (SSSR count). The highest BCUT2D eigenvalue weighted by atomic mass is 16.5. The molecule has 0 bridgehead atoms. The van der Waals surface area contributed by atoms with Crippen LogP contribution in [-0.4, -0.2) is 16.1 Å². The lowest BCUT2D eigenvalue weighted by molar-refractivity contribution is -0.167. The van der Waals surface area contributed by atoms with Crippen LogP contribution in [0.1, 0.15) is 13.8 Å². The summed E-state index contributed by atoms with van der Waals surface area (Å²) < 4.78 is 0. The molecule has 3 nitrogen and oxygen atoms in total. The molecule has 1 aromatic carbocycles. The third-order valence-electron chi connectivity index (χ3n) is 1.91. The summed E-state index contributed by atoms with van der Waals surface area (Å²) in [5.41, 5.74) is 0.696. The molecule has 0 saturated heterocycles. The lowest BCUT2D eigenvalue weighted by atomic mass is 10.1. The van der Waals surface area contributed by atoms with Crippen molar-refractivity contribution in [1.82, 2.24) is 0 Å². The lowest BCUT2D eigenvalue weighted by Crippen LogP contribution is -2.43. The summed E-state index contributed by atoms with van der Waals surface area (Å²) in [5, 5.41) is 21.6. The van der Waals surface area contributed by atoms with E-state index in [9.17, 15) is 10.2 Å². The van der Waals surface area contributed by atoms with Crippen molar-refractivity contribution in [3.05, 3.63) is 30.3 Å². The predicted molar refractivity (Wildman–Crippen MR) is 52.1 cm³/mol. The van der Waals surface area contributed by atoms with Gasteiger partial charge in [-0.2, -0.15) is 0 Å². The van der Waals surface area contributed by atoms with Gasteiger partial charge in [-0.1, -0.05) is 32.0 Å². The zero-order valence-electron chi connectivity index (χ0n) is 7.86. The second-order valence-electron chi connectivity index (χ2n) is 3.37. The van der Waals surface area contributed by atoms with Gasteiger partial charge < -0.3 is 15.5 Å². The Kier molecular flexibility index (Phi) is 2.90. The number of para-hydroxylation sites is 1. The molecule has 0 atom stereocenters. The fourth-order valence-electron chi connectivity index (χ4n) is 0.878. The van der Waals surface area contributed by atoms with Crippen LogP contribution < -0.4 is 5.32 Å². The molecule has 1 aromatic rings. The maximum Gasteiger partial charge on any atom is 0.246 e. The molecule has 0 aliphatic rings. The van der Waals surface area contributed by atoms with Crippen molar-refractivity contribution >= 4 is 5.69 Å². The van der Waals surface area contributed by atoms with Gasteiger partial charge in [0.25, 0.3) is 0 Å². The first kappa shape index (κ1) is 10.0. The fourth-order valence-corrected chi connectivity index (χ4v) is 0.878. The Balaban J connectivity index is 2.69. The molecule has 0 aromatic heterocycles. The van der Waals surface area contributed by atoms with Gasteiger partial charge in [-0.25, -0.2) is 0 Å². The maximum atomic E-state index is 9.49. The molecule has 0 amide bonds. The number of hydrogen-bond donors (Lipinski definition) is 3. The second-order valence-corrected chi connectivity index (χ2v) is 3.37. The average molecular weight is 181 g/mol. The first-order valence-electron chi connectivity index (χ1n) is 4.30. The maximum absolute atomic E-state index is 9.49. The van der Waals surface area contributed by atoms with Crippen LogP contribution in [-0.2, 0) is 0 Å². The number of hydrogen-bond acceptors (Lipinski definition) is 3. The minimum atomic E-state index is -1.85. The van der Waals surface area contributed by atoms with Crippen LogP contribution in [0, 0.1) is 5.92 Å². The van der Waals surface area contributed by atoms with E-state index in [1.807, 2.05) is 18.2 Å². The number of anilines is 1. The highest BCUT2D eigenvalue weighted by Gasteiger charge is 2.26. The van der Waals surface area contributed by atoms with Gasteiger partial charge in [0.2, 0.25) is 5.91 Å². The molecule has 0 aliphatic carbocycles. The number of benzene rings is 1. The molecule has 13 heavy (non-hydrogen) atoms. The summed E-state index contributed by atoms with van der Waals surface area (Å²) >= 11 is 0. The zero-order valence-corrected chi connectivity index (χ0v) is 7.86. The SMILES string of the molecule is CC(C)C(O)(O)Nc1ccccc1. The van der Waals surface area contributed by atoms with Crippen LogP contribution in [0.4, 0.5) is 5.69 Å². The third kappa shape index (κ3) is 2.72. The Labute approximate surface area is 78.0 Å². The quantitative estimate of drug-likeness (QED) is 0.618. The van der Waals surface area contributed by atoms with Crippen LogP contribution in [0.15, 0.2) is 30.3 Å². The largest absolute Gasteiger partial charge is 0.349 e.